The molecule has 2 rings (SSSR count). The van der Waals surface area contributed by atoms with Gasteiger partial charge in [-0.15, -0.1) is 0 Å². The molecule has 1 aromatic heterocycles. The molecular weight excluding hydrogens is 350 g/mol. The molecule has 1 heterocycles. The van der Waals surface area contributed by atoms with Crippen LogP contribution in [0.2, 0.25) is 0 Å². The van der Waals surface area contributed by atoms with Crippen LogP contribution >= 0.6 is 0 Å². The van der Waals surface area contributed by atoms with E-state index < -0.39 is 11.9 Å². The SMILES string of the molecule is COCCCNC(=O)c1cncc(C(=O)Nc2ccccc2C(=O)OC)c1. The molecule has 0 aliphatic rings. The van der Waals surface area contributed by atoms with Crippen LogP contribution in [0.5, 0.6) is 0 Å². The Bertz CT molecular complexity index is 822. The van der Waals surface area contributed by atoms with Gasteiger partial charge in [0.25, 0.3) is 11.8 Å². The lowest BCUT2D eigenvalue weighted by atomic mass is 10.1. The van der Waals surface area contributed by atoms with E-state index in [2.05, 4.69) is 15.6 Å². The first-order chi connectivity index (χ1) is 13.1. The minimum atomic E-state index is -0.562. The molecule has 0 fully saturated rings. The van der Waals surface area contributed by atoms with Crippen LogP contribution in [-0.2, 0) is 9.47 Å². The number of carbonyl (C=O) groups is 3. The molecule has 0 radical (unpaired) electrons. The highest BCUT2D eigenvalue weighted by Crippen LogP contribution is 2.17. The average Bonchev–Trinajstić information content (AvgIpc) is 2.71. The maximum absolute atomic E-state index is 12.5. The predicted octanol–water partition coefficient (Wildman–Crippen LogP) is 1.89. The minimum Gasteiger partial charge on any atom is -0.465 e. The fraction of sp³-hybridized carbons (Fsp3) is 0.263. The highest BCUT2D eigenvalue weighted by Gasteiger charge is 2.16. The van der Waals surface area contributed by atoms with Gasteiger partial charge in [0.15, 0.2) is 0 Å². The van der Waals surface area contributed by atoms with E-state index in [0.717, 1.165) is 0 Å². The maximum Gasteiger partial charge on any atom is 0.339 e. The molecule has 0 bridgehead atoms. The number of pyridine rings is 1. The van der Waals surface area contributed by atoms with Gasteiger partial charge in [-0.1, -0.05) is 12.1 Å². The Hall–Kier alpha value is -3.26. The van der Waals surface area contributed by atoms with E-state index in [4.69, 9.17) is 9.47 Å². The second kappa shape index (κ2) is 10.0. The summed E-state index contributed by atoms with van der Waals surface area (Å²) < 4.78 is 9.63. The topological polar surface area (TPSA) is 107 Å². The number of benzene rings is 1. The molecule has 2 aromatic rings. The third kappa shape index (κ3) is 5.61. The van der Waals surface area contributed by atoms with Crippen molar-refractivity contribution in [2.24, 2.45) is 0 Å². The molecule has 2 N–H and O–H groups in total. The number of para-hydroxylation sites is 1. The number of aromatic nitrogens is 1. The number of esters is 1. The van der Waals surface area contributed by atoms with Gasteiger partial charge >= 0.3 is 5.97 Å². The van der Waals surface area contributed by atoms with E-state index in [1.807, 2.05) is 0 Å². The average molecular weight is 371 g/mol. The predicted molar refractivity (Wildman–Crippen MR) is 98.8 cm³/mol. The number of rotatable bonds is 8. The number of anilines is 1. The molecule has 8 heteroatoms. The summed E-state index contributed by atoms with van der Waals surface area (Å²) in [5, 5.41) is 5.37. The molecule has 0 atom stereocenters. The summed E-state index contributed by atoms with van der Waals surface area (Å²) in [6.45, 7) is 0.996. The lowest BCUT2D eigenvalue weighted by Gasteiger charge is -2.10. The zero-order chi connectivity index (χ0) is 19.6. The normalized spacial score (nSPS) is 10.1. The molecule has 27 heavy (non-hydrogen) atoms. The lowest BCUT2D eigenvalue weighted by molar-refractivity contribution is 0.0601. The Morgan fingerprint density at radius 2 is 1.74 bits per heavy atom. The number of ether oxygens (including phenoxy) is 2. The Kier molecular flexibility index (Phi) is 7.45. The van der Waals surface area contributed by atoms with Gasteiger partial charge < -0.3 is 20.1 Å². The van der Waals surface area contributed by atoms with E-state index >= 15 is 0 Å². The minimum absolute atomic E-state index is 0.194. The van der Waals surface area contributed by atoms with Crippen molar-refractivity contribution < 1.29 is 23.9 Å². The molecule has 0 aliphatic carbocycles. The highest BCUT2D eigenvalue weighted by atomic mass is 16.5. The number of hydrogen-bond donors (Lipinski definition) is 2. The second-order valence-electron chi connectivity index (χ2n) is 5.56. The largest absolute Gasteiger partial charge is 0.465 e. The van der Waals surface area contributed by atoms with Crippen LogP contribution in [0.1, 0.15) is 37.5 Å². The van der Waals surface area contributed by atoms with E-state index in [-0.39, 0.29) is 22.6 Å². The first kappa shape index (κ1) is 20.1. The molecule has 0 saturated carbocycles. The van der Waals surface area contributed by atoms with Crippen LogP contribution in [0.3, 0.4) is 0 Å². The molecule has 8 nitrogen and oxygen atoms in total. The maximum atomic E-state index is 12.5. The fourth-order valence-corrected chi connectivity index (χ4v) is 2.28. The van der Waals surface area contributed by atoms with Crippen molar-refractivity contribution in [3.05, 3.63) is 59.4 Å². The molecular formula is C19H21N3O5. The summed E-state index contributed by atoms with van der Waals surface area (Å²) in [7, 11) is 2.85. The summed E-state index contributed by atoms with van der Waals surface area (Å²) in [5.74, 6) is -1.38. The van der Waals surface area contributed by atoms with Crippen LogP contribution in [0.15, 0.2) is 42.7 Å². The Balaban J connectivity index is 2.10. The van der Waals surface area contributed by atoms with Crippen molar-refractivity contribution in [3.63, 3.8) is 0 Å². The number of nitrogens with one attached hydrogen (secondary N) is 2. The summed E-state index contributed by atoms with van der Waals surface area (Å²) in [6.07, 6.45) is 3.41. The van der Waals surface area contributed by atoms with E-state index in [0.29, 0.717) is 25.3 Å². The Labute approximate surface area is 156 Å². The van der Waals surface area contributed by atoms with Crippen LogP contribution in [-0.4, -0.2) is 50.1 Å². The van der Waals surface area contributed by atoms with Crippen LogP contribution in [0, 0.1) is 0 Å². The van der Waals surface area contributed by atoms with E-state index in [1.165, 1.54) is 25.6 Å². The van der Waals surface area contributed by atoms with Crippen LogP contribution in [0.25, 0.3) is 0 Å². The van der Waals surface area contributed by atoms with Gasteiger partial charge in [-0.25, -0.2) is 4.79 Å². The van der Waals surface area contributed by atoms with Gasteiger partial charge in [0, 0.05) is 32.7 Å². The molecule has 0 spiro atoms. The van der Waals surface area contributed by atoms with Gasteiger partial charge in [-0.3, -0.25) is 14.6 Å². The molecule has 0 aliphatic heterocycles. The quantitative estimate of drug-likeness (QED) is 0.542. The zero-order valence-electron chi connectivity index (χ0n) is 15.2. The highest BCUT2D eigenvalue weighted by molar-refractivity contribution is 6.08. The number of carbonyl (C=O) groups excluding carboxylic acids is 3. The molecule has 1 aromatic carbocycles. The first-order valence-corrected chi connectivity index (χ1v) is 8.27. The molecule has 0 saturated heterocycles. The number of hydrogen-bond acceptors (Lipinski definition) is 6. The van der Waals surface area contributed by atoms with Crippen molar-refractivity contribution in [1.82, 2.24) is 10.3 Å². The van der Waals surface area contributed by atoms with Crippen molar-refractivity contribution in [1.29, 1.82) is 0 Å². The van der Waals surface area contributed by atoms with Gasteiger partial charge in [-0.05, 0) is 24.6 Å². The first-order valence-electron chi connectivity index (χ1n) is 8.27. The Morgan fingerprint density at radius 3 is 2.44 bits per heavy atom. The van der Waals surface area contributed by atoms with Crippen LogP contribution < -0.4 is 10.6 Å². The Morgan fingerprint density at radius 1 is 1.04 bits per heavy atom. The smallest absolute Gasteiger partial charge is 0.339 e. The third-order valence-electron chi connectivity index (χ3n) is 3.65. The van der Waals surface area contributed by atoms with Gasteiger partial charge in [0.2, 0.25) is 0 Å². The van der Waals surface area contributed by atoms with E-state index in [9.17, 15) is 14.4 Å². The number of amides is 2. The lowest BCUT2D eigenvalue weighted by Crippen LogP contribution is -2.26. The van der Waals surface area contributed by atoms with Crippen molar-refractivity contribution in [2.75, 3.05) is 32.7 Å². The summed E-state index contributed by atoms with van der Waals surface area (Å²) in [4.78, 5) is 40.4. The number of nitrogens with zero attached hydrogens (tertiary/aromatic N) is 1. The number of methoxy groups -OCH3 is 2. The van der Waals surface area contributed by atoms with Gasteiger partial charge in [0.1, 0.15) is 0 Å². The second-order valence-corrected chi connectivity index (χ2v) is 5.56. The molecule has 142 valence electrons. The van der Waals surface area contributed by atoms with Gasteiger partial charge in [0.05, 0.1) is 29.5 Å². The van der Waals surface area contributed by atoms with Gasteiger partial charge in [-0.2, -0.15) is 0 Å². The molecule has 0 unspecified atom stereocenters. The summed E-state index contributed by atoms with van der Waals surface area (Å²) in [6, 6.07) is 7.92. The standard InChI is InChI=1S/C19H21N3O5/c1-26-9-5-8-21-17(23)13-10-14(12-20-11-13)18(24)22-16-7-4-3-6-15(16)19(25)27-2/h3-4,6-7,10-12H,5,8-9H2,1-2H3,(H,21,23)(H,22,24). The van der Waals surface area contributed by atoms with Crippen molar-refractivity contribution in [3.8, 4) is 0 Å². The molecule has 2 amide bonds. The fourth-order valence-electron chi connectivity index (χ4n) is 2.28. The summed E-state index contributed by atoms with van der Waals surface area (Å²) in [5.41, 5.74) is 0.998. The van der Waals surface area contributed by atoms with Crippen LogP contribution in [0.4, 0.5) is 5.69 Å². The van der Waals surface area contributed by atoms with E-state index in [1.54, 1.807) is 31.4 Å². The monoisotopic (exact) mass is 371 g/mol. The summed E-state index contributed by atoms with van der Waals surface area (Å²) >= 11 is 0. The van der Waals surface area contributed by atoms with Crippen molar-refractivity contribution in [2.45, 2.75) is 6.42 Å². The third-order valence-corrected chi connectivity index (χ3v) is 3.65. The zero-order valence-corrected chi connectivity index (χ0v) is 15.2. The van der Waals surface area contributed by atoms with Crippen molar-refractivity contribution >= 4 is 23.5 Å².